The van der Waals surface area contributed by atoms with E-state index >= 15 is 0 Å². The predicted octanol–water partition coefficient (Wildman–Crippen LogP) is 3.56. The number of amides is 1. The average molecular weight is 351 g/mol. The van der Waals surface area contributed by atoms with Crippen LogP contribution in [0.4, 0.5) is 0 Å². The summed E-state index contributed by atoms with van der Waals surface area (Å²) in [5, 5.41) is 9.58. The molecular formula is C22H25NO3. The van der Waals surface area contributed by atoms with Crippen LogP contribution in [0.15, 0.2) is 48.5 Å². The minimum Gasteiger partial charge on any atom is -0.481 e. The number of carboxylic acids is 1. The topological polar surface area (TPSA) is 57.6 Å². The van der Waals surface area contributed by atoms with E-state index in [1.54, 1.807) is 4.90 Å². The van der Waals surface area contributed by atoms with Crippen LogP contribution in [0.5, 0.6) is 0 Å². The molecule has 4 nitrogen and oxygen atoms in total. The molecule has 2 aromatic rings. The molecule has 0 saturated carbocycles. The molecule has 1 heterocycles. The number of hydrogen-bond acceptors (Lipinski definition) is 2. The fourth-order valence-electron chi connectivity index (χ4n) is 3.92. The van der Waals surface area contributed by atoms with Crippen molar-refractivity contribution in [2.24, 2.45) is 5.92 Å². The Morgan fingerprint density at radius 1 is 1.04 bits per heavy atom. The molecule has 26 heavy (non-hydrogen) atoms. The van der Waals surface area contributed by atoms with Crippen molar-refractivity contribution in [2.75, 3.05) is 13.1 Å². The number of likely N-dealkylation sites (tertiary alicyclic amines) is 1. The molecule has 2 aromatic carbocycles. The highest BCUT2D eigenvalue weighted by atomic mass is 16.4. The fraction of sp³-hybridized carbons (Fsp3) is 0.364. The third-order valence-electron chi connectivity index (χ3n) is 5.13. The summed E-state index contributed by atoms with van der Waals surface area (Å²) in [6.07, 6.45) is 1.10. The SMILES string of the molecule is Cc1cc(C)cc(CCC(=O)N2CC(C(=O)O)C(c3ccccc3)C2)c1. The largest absolute Gasteiger partial charge is 0.481 e. The molecule has 0 aromatic heterocycles. The lowest BCUT2D eigenvalue weighted by Gasteiger charge is -2.17. The van der Waals surface area contributed by atoms with Crippen molar-refractivity contribution < 1.29 is 14.7 Å². The third kappa shape index (κ3) is 4.13. The molecule has 136 valence electrons. The van der Waals surface area contributed by atoms with Gasteiger partial charge in [-0.1, -0.05) is 59.7 Å². The van der Waals surface area contributed by atoms with Crippen LogP contribution >= 0.6 is 0 Å². The van der Waals surface area contributed by atoms with Crippen LogP contribution in [0.1, 0.15) is 34.6 Å². The second kappa shape index (κ2) is 7.73. The van der Waals surface area contributed by atoms with Gasteiger partial charge in [-0.15, -0.1) is 0 Å². The van der Waals surface area contributed by atoms with Crippen LogP contribution in [0.25, 0.3) is 0 Å². The molecule has 1 N–H and O–H groups in total. The molecule has 0 spiro atoms. The second-order valence-corrected chi connectivity index (χ2v) is 7.26. The second-order valence-electron chi connectivity index (χ2n) is 7.26. The normalized spacial score (nSPS) is 19.5. The zero-order chi connectivity index (χ0) is 18.7. The Kier molecular flexibility index (Phi) is 5.40. The number of carbonyl (C=O) groups excluding carboxylic acids is 1. The van der Waals surface area contributed by atoms with E-state index in [2.05, 4.69) is 32.0 Å². The quantitative estimate of drug-likeness (QED) is 0.896. The van der Waals surface area contributed by atoms with Crippen molar-refractivity contribution in [3.05, 3.63) is 70.8 Å². The molecule has 4 heteroatoms. The summed E-state index contributed by atoms with van der Waals surface area (Å²) >= 11 is 0. The van der Waals surface area contributed by atoms with Gasteiger partial charge in [-0.3, -0.25) is 9.59 Å². The highest BCUT2D eigenvalue weighted by Gasteiger charge is 2.40. The summed E-state index contributed by atoms with van der Waals surface area (Å²) in [6.45, 7) is 4.88. The van der Waals surface area contributed by atoms with Crippen molar-refractivity contribution in [3.63, 3.8) is 0 Å². The fourth-order valence-corrected chi connectivity index (χ4v) is 3.92. The highest BCUT2D eigenvalue weighted by Crippen LogP contribution is 2.33. The molecule has 1 aliphatic rings. The molecular weight excluding hydrogens is 326 g/mol. The Labute approximate surface area is 154 Å². The van der Waals surface area contributed by atoms with E-state index in [0.29, 0.717) is 25.9 Å². The van der Waals surface area contributed by atoms with E-state index in [1.165, 1.54) is 11.1 Å². The maximum Gasteiger partial charge on any atom is 0.308 e. The molecule has 1 aliphatic heterocycles. The van der Waals surface area contributed by atoms with Gasteiger partial charge >= 0.3 is 5.97 Å². The van der Waals surface area contributed by atoms with E-state index < -0.39 is 11.9 Å². The number of nitrogens with zero attached hydrogens (tertiary/aromatic N) is 1. The predicted molar refractivity (Wildman–Crippen MR) is 101 cm³/mol. The van der Waals surface area contributed by atoms with Gasteiger partial charge in [0.2, 0.25) is 5.91 Å². The van der Waals surface area contributed by atoms with Crippen LogP contribution in [-0.2, 0) is 16.0 Å². The number of carboxylic acid groups (broad SMARTS) is 1. The first-order chi connectivity index (χ1) is 12.4. The van der Waals surface area contributed by atoms with E-state index in [-0.39, 0.29) is 11.8 Å². The summed E-state index contributed by atoms with van der Waals surface area (Å²) < 4.78 is 0. The first-order valence-corrected chi connectivity index (χ1v) is 9.06. The first kappa shape index (κ1) is 18.2. The Morgan fingerprint density at radius 3 is 2.31 bits per heavy atom. The van der Waals surface area contributed by atoms with Crippen molar-refractivity contribution in [3.8, 4) is 0 Å². The maximum atomic E-state index is 12.7. The lowest BCUT2D eigenvalue weighted by atomic mass is 9.89. The van der Waals surface area contributed by atoms with Gasteiger partial charge in [0.1, 0.15) is 0 Å². The number of benzene rings is 2. The van der Waals surface area contributed by atoms with E-state index in [9.17, 15) is 14.7 Å². The van der Waals surface area contributed by atoms with Crippen molar-refractivity contribution in [1.29, 1.82) is 0 Å². The molecule has 1 fully saturated rings. The van der Waals surface area contributed by atoms with Gasteiger partial charge in [-0.05, 0) is 31.4 Å². The van der Waals surface area contributed by atoms with Gasteiger partial charge < -0.3 is 10.0 Å². The van der Waals surface area contributed by atoms with Gasteiger partial charge in [0.25, 0.3) is 0 Å². The van der Waals surface area contributed by atoms with Gasteiger partial charge in [-0.25, -0.2) is 0 Å². The minimum absolute atomic E-state index is 0.0360. The average Bonchev–Trinajstić information content (AvgIpc) is 3.05. The van der Waals surface area contributed by atoms with Gasteiger partial charge in [0.15, 0.2) is 0 Å². The van der Waals surface area contributed by atoms with E-state index in [1.807, 2.05) is 30.3 Å². The van der Waals surface area contributed by atoms with Gasteiger partial charge in [-0.2, -0.15) is 0 Å². The Bertz CT molecular complexity index is 780. The number of rotatable bonds is 5. The van der Waals surface area contributed by atoms with E-state index in [4.69, 9.17) is 0 Å². The van der Waals surface area contributed by atoms with Crippen molar-refractivity contribution >= 4 is 11.9 Å². The zero-order valence-electron chi connectivity index (χ0n) is 15.3. The molecule has 3 rings (SSSR count). The number of carbonyl (C=O) groups is 2. The molecule has 1 amide bonds. The van der Waals surface area contributed by atoms with Gasteiger partial charge in [0, 0.05) is 25.4 Å². The minimum atomic E-state index is -0.830. The summed E-state index contributed by atoms with van der Waals surface area (Å²) in [5.41, 5.74) is 4.54. The number of hydrogen-bond donors (Lipinski definition) is 1. The molecule has 0 radical (unpaired) electrons. The molecule has 0 aliphatic carbocycles. The Hall–Kier alpha value is -2.62. The first-order valence-electron chi connectivity index (χ1n) is 9.06. The van der Waals surface area contributed by atoms with E-state index in [0.717, 1.165) is 11.1 Å². The monoisotopic (exact) mass is 351 g/mol. The lowest BCUT2D eigenvalue weighted by molar-refractivity contribution is -0.141. The van der Waals surface area contributed by atoms with Crippen LogP contribution < -0.4 is 0 Å². The Morgan fingerprint density at radius 2 is 1.69 bits per heavy atom. The molecule has 1 saturated heterocycles. The summed E-state index contributed by atoms with van der Waals surface area (Å²) in [5.74, 6) is -1.47. The molecule has 2 atom stereocenters. The lowest BCUT2D eigenvalue weighted by Crippen LogP contribution is -2.30. The van der Waals surface area contributed by atoms with Crippen LogP contribution in [0.3, 0.4) is 0 Å². The van der Waals surface area contributed by atoms with Crippen LogP contribution in [-0.4, -0.2) is 35.0 Å². The number of aryl methyl sites for hydroxylation is 3. The standard InChI is InChI=1S/C22H25NO3/c1-15-10-16(2)12-17(11-15)8-9-21(24)23-13-19(20(14-23)22(25)26)18-6-4-3-5-7-18/h3-7,10-12,19-20H,8-9,13-14H2,1-2H3,(H,25,26). The Balaban J connectivity index is 1.67. The summed E-state index contributed by atoms with van der Waals surface area (Å²) in [6, 6.07) is 16.0. The maximum absolute atomic E-state index is 12.7. The highest BCUT2D eigenvalue weighted by molar-refractivity contribution is 5.80. The van der Waals surface area contributed by atoms with Gasteiger partial charge in [0.05, 0.1) is 5.92 Å². The molecule has 2 unspecified atom stereocenters. The summed E-state index contributed by atoms with van der Waals surface area (Å²) in [4.78, 5) is 26.1. The van der Waals surface area contributed by atoms with Crippen molar-refractivity contribution in [1.82, 2.24) is 4.90 Å². The number of aliphatic carboxylic acids is 1. The third-order valence-corrected chi connectivity index (χ3v) is 5.13. The molecule has 0 bridgehead atoms. The van der Waals surface area contributed by atoms with Crippen LogP contribution in [0, 0.1) is 19.8 Å². The van der Waals surface area contributed by atoms with Crippen LogP contribution in [0.2, 0.25) is 0 Å². The smallest absolute Gasteiger partial charge is 0.308 e. The van der Waals surface area contributed by atoms with Crippen molar-refractivity contribution in [2.45, 2.75) is 32.6 Å². The zero-order valence-corrected chi connectivity index (χ0v) is 15.3. The summed E-state index contributed by atoms with van der Waals surface area (Å²) in [7, 11) is 0.